The Morgan fingerprint density at radius 2 is 2.07 bits per heavy atom. The molecule has 27 heavy (non-hydrogen) atoms. The number of benzene rings is 1. The molecule has 0 aliphatic heterocycles. The minimum atomic E-state index is -0.791. The highest BCUT2D eigenvalue weighted by atomic mass is 16.5. The largest absolute Gasteiger partial charge is 0.491 e. The maximum atomic E-state index is 13.1. The number of amides is 1. The molecule has 1 N–H and O–H groups in total. The zero-order chi connectivity index (χ0) is 19.9. The van der Waals surface area contributed by atoms with Crippen LogP contribution in [0.25, 0.3) is 0 Å². The number of carbonyl (C=O) groups excluding carboxylic acids is 1. The Kier molecular flexibility index (Phi) is 7.67. The van der Waals surface area contributed by atoms with Crippen molar-refractivity contribution in [2.45, 2.75) is 77.9 Å². The molecule has 0 spiro atoms. The van der Waals surface area contributed by atoms with Gasteiger partial charge in [-0.15, -0.1) is 0 Å². The van der Waals surface area contributed by atoms with Crippen LogP contribution in [0.1, 0.15) is 71.8 Å². The third-order valence-corrected chi connectivity index (χ3v) is 5.35. The molecular weight excluding hydrogens is 340 g/mol. The molecule has 0 radical (unpaired) electrons. The topological polar surface area (TPSA) is 71.3 Å². The van der Waals surface area contributed by atoms with E-state index in [1.165, 1.54) is 0 Å². The first-order valence-electron chi connectivity index (χ1n) is 10.1. The van der Waals surface area contributed by atoms with E-state index in [2.05, 4.69) is 18.3 Å². The van der Waals surface area contributed by atoms with Gasteiger partial charge in [0.05, 0.1) is 17.4 Å². The molecule has 1 saturated carbocycles. The minimum Gasteiger partial charge on any atom is -0.491 e. The van der Waals surface area contributed by atoms with Gasteiger partial charge in [0.15, 0.2) is 0 Å². The Bertz CT molecular complexity index is 667. The highest BCUT2D eigenvalue weighted by molar-refractivity contribution is 5.98. The number of nitrogens with one attached hydrogen (secondary N) is 1. The number of carbonyl (C=O) groups is 1. The molecule has 1 aliphatic rings. The monoisotopic (exact) mass is 372 g/mol. The second-order valence-corrected chi connectivity index (χ2v) is 7.64. The van der Waals surface area contributed by atoms with Gasteiger partial charge in [-0.25, -0.2) is 0 Å². The quantitative estimate of drug-likeness (QED) is 0.693. The third kappa shape index (κ3) is 5.46. The van der Waals surface area contributed by atoms with E-state index in [1.807, 2.05) is 20.8 Å². The van der Waals surface area contributed by atoms with E-state index in [4.69, 9.17) is 9.47 Å². The Morgan fingerprint density at radius 1 is 1.37 bits per heavy atom. The van der Waals surface area contributed by atoms with E-state index < -0.39 is 5.60 Å². The first-order chi connectivity index (χ1) is 12.9. The normalized spacial score (nSPS) is 23.3. The van der Waals surface area contributed by atoms with Gasteiger partial charge in [0.1, 0.15) is 17.4 Å². The van der Waals surface area contributed by atoms with Gasteiger partial charge >= 0.3 is 0 Å². The Morgan fingerprint density at radius 3 is 2.67 bits per heavy atom. The maximum Gasteiger partial charge on any atom is 0.256 e. The average Bonchev–Trinajstić information content (AvgIpc) is 2.68. The standard InChI is InChI=1S/C22H32N2O3/c1-5-13-26-22(11-9-16(3)10-12-22)21(25)24-20-8-7-19(14-18(20)15-23)27-17(4)6-2/h7-8,14,16-17H,5-6,9-13H2,1-4H3,(H,24,25)/t16?,17-,22?/m0/s1. The molecule has 0 unspecified atom stereocenters. The van der Waals surface area contributed by atoms with E-state index in [1.54, 1.807) is 18.2 Å². The number of hydrogen-bond acceptors (Lipinski definition) is 4. The lowest BCUT2D eigenvalue weighted by Crippen LogP contribution is -2.48. The number of hydrogen-bond donors (Lipinski definition) is 1. The van der Waals surface area contributed by atoms with Crippen molar-refractivity contribution in [3.05, 3.63) is 23.8 Å². The number of nitriles is 1. The summed E-state index contributed by atoms with van der Waals surface area (Å²) < 4.78 is 11.8. The molecule has 1 aliphatic carbocycles. The zero-order valence-corrected chi connectivity index (χ0v) is 17.0. The van der Waals surface area contributed by atoms with E-state index >= 15 is 0 Å². The zero-order valence-electron chi connectivity index (χ0n) is 17.0. The average molecular weight is 373 g/mol. The molecule has 5 heteroatoms. The molecule has 1 aromatic carbocycles. The number of rotatable bonds is 8. The molecule has 0 heterocycles. The van der Waals surface area contributed by atoms with Crippen molar-refractivity contribution < 1.29 is 14.3 Å². The van der Waals surface area contributed by atoms with Crippen LogP contribution in [-0.2, 0) is 9.53 Å². The van der Waals surface area contributed by atoms with Crippen LogP contribution in [0, 0.1) is 17.2 Å². The van der Waals surface area contributed by atoms with Crippen molar-refractivity contribution in [3.8, 4) is 11.8 Å². The summed E-state index contributed by atoms with van der Waals surface area (Å²) in [5.74, 6) is 1.11. The fourth-order valence-electron chi connectivity index (χ4n) is 3.31. The van der Waals surface area contributed by atoms with E-state index in [0.29, 0.717) is 29.5 Å². The van der Waals surface area contributed by atoms with Gasteiger partial charge in [-0.2, -0.15) is 5.26 Å². The SMILES string of the molecule is CCCOC1(C(=O)Nc2ccc(O[C@@H](C)CC)cc2C#N)CCC(C)CC1. The lowest BCUT2D eigenvalue weighted by molar-refractivity contribution is -0.147. The van der Waals surface area contributed by atoms with Crippen molar-refractivity contribution in [1.29, 1.82) is 5.26 Å². The molecule has 1 atom stereocenters. The number of anilines is 1. The molecule has 1 amide bonds. The van der Waals surface area contributed by atoms with Crippen LogP contribution in [0.3, 0.4) is 0 Å². The number of ether oxygens (including phenoxy) is 2. The van der Waals surface area contributed by atoms with Gasteiger partial charge < -0.3 is 14.8 Å². The van der Waals surface area contributed by atoms with Crippen LogP contribution < -0.4 is 10.1 Å². The summed E-state index contributed by atoms with van der Waals surface area (Å²) in [7, 11) is 0. The minimum absolute atomic E-state index is 0.0759. The fourth-order valence-corrected chi connectivity index (χ4v) is 3.31. The smallest absolute Gasteiger partial charge is 0.256 e. The summed E-state index contributed by atoms with van der Waals surface area (Å²) in [5, 5.41) is 12.5. The van der Waals surface area contributed by atoms with Gasteiger partial charge in [-0.1, -0.05) is 20.8 Å². The highest BCUT2D eigenvalue weighted by Crippen LogP contribution is 2.36. The molecule has 0 aromatic heterocycles. The Balaban J connectivity index is 2.18. The molecule has 5 nitrogen and oxygen atoms in total. The molecule has 0 bridgehead atoms. The predicted molar refractivity (Wildman–Crippen MR) is 107 cm³/mol. The van der Waals surface area contributed by atoms with E-state index in [0.717, 1.165) is 38.5 Å². The van der Waals surface area contributed by atoms with Gasteiger partial charge in [0.25, 0.3) is 5.91 Å². The summed E-state index contributed by atoms with van der Waals surface area (Å²) in [6.07, 6.45) is 5.22. The lowest BCUT2D eigenvalue weighted by Gasteiger charge is -2.38. The predicted octanol–water partition coefficient (Wildman–Crippen LogP) is 5.05. The Labute approximate surface area is 163 Å². The first-order valence-corrected chi connectivity index (χ1v) is 10.1. The van der Waals surface area contributed by atoms with Crippen LogP contribution in [0.5, 0.6) is 5.75 Å². The second-order valence-electron chi connectivity index (χ2n) is 7.64. The van der Waals surface area contributed by atoms with Crippen LogP contribution in [-0.4, -0.2) is 24.2 Å². The highest BCUT2D eigenvalue weighted by Gasteiger charge is 2.42. The van der Waals surface area contributed by atoms with E-state index in [9.17, 15) is 10.1 Å². The van der Waals surface area contributed by atoms with Crippen molar-refractivity contribution >= 4 is 11.6 Å². The van der Waals surface area contributed by atoms with Crippen LogP contribution in [0.15, 0.2) is 18.2 Å². The third-order valence-electron chi connectivity index (χ3n) is 5.35. The lowest BCUT2D eigenvalue weighted by atomic mass is 9.78. The van der Waals surface area contributed by atoms with Crippen molar-refractivity contribution in [3.63, 3.8) is 0 Å². The maximum absolute atomic E-state index is 13.1. The molecule has 1 fully saturated rings. The molecule has 2 rings (SSSR count). The molecule has 0 saturated heterocycles. The van der Waals surface area contributed by atoms with Crippen molar-refractivity contribution in [1.82, 2.24) is 0 Å². The van der Waals surface area contributed by atoms with E-state index in [-0.39, 0.29) is 12.0 Å². The molecule has 1 aromatic rings. The van der Waals surface area contributed by atoms with Crippen molar-refractivity contribution in [2.75, 3.05) is 11.9 Å². The van der Waals surface area contributed by atoms with Crippen LogP contribution in [0.2, 0.25) is 0 Å². The van der Waals surface area contributed by atoms with Crippen LogP contribution in [0.4, 0.5) is 5.69 Å². The molecule has 148 valence electrons. The van der Waals surface area contributed by atoms with Gasteiger partial charge in [0.2, 0.25) is 0 Å². The Hall–Kier alpha value is -2.06. The summed E-state index contributed by atoms with van der Waals surface area (Å²) >= 11 is 0. The van der Waals surface area contributed by atoms with Gasteiger partial charge in [0, 0.05) is 12.7 Å². The summed E-state index contributed by atoms with van der Waals surface area (Å²) in [6.45, 7) is 8.85. The summed E-state index contributed by atoms with van der Waals surface area (Å²) in [5.41, 5.74) is 0.122. The van der Waals surface area contributed by atoms with Crippen LogP contribution >= 0.6 is 0 Å². The van der Waals surface area contributed by atoms with Gasteiger partial charge in [-0.05, 0) is 63.5 Å². The summed E-state index contributed by atoms with van der Waals surface area (Å²) in [6, 6.07) is 7.39. The molecular formula is C22H32N2O3. The first kappa shape index (κ1) is 21.2. The fraction of sp³-hybridized carbons (Fsp3) is 0.636. The number of nitrogens with zero attached hydrogens (tertiary/aromatic N) is 1. The summed E-state index contributed by atoms with van der Waals surface area (Å²) in [4.78, 5) is 13.1. The van der Waals surface area contributed by atoms with Crippen molar-refractivity contribution in [2.24, 2.45) is 5.92 Å². The second kappa shape index (κ2) is 9.75. The van der Waals surface area contributed by atoms with Gasteiger partial charge in [-0.3, -0.25) is 4.79 Å².